The summed E-state index contributed by atoms with van der Waals surface area (Å²) in [5, 5.41) is 0. The van der Waals surface area contributed by atoms with E-state index in [-0.39, 0.29) is 6.42 Å². The molecule has 0 aliphatic rings. The second kappa shape index (κ2) is 8.45. The van der Waals surface area contributed by atoms with Crippen LogP contribution < -0.4 is 4.74 Å². The van der Waals surface area contributed by atoms with Gasteiger partial charge in [0.25, 0.3) is 0 Å². The van der Waals surface area contributed by atoms with E-state index in [1.807, 2.05) is 30.3 Å². The summed E-state index contributed by atoms with van der Waals surface area (Å²) in [6.45, 7) is 5.63. The fourth-order valence-electron chi connectivity index (χ4n) is 2.22. The van der Waals surface area contributed by atoms with E-state index in [4.69, 9.17) is 9.16 Å². The SMILES string of the molecule is C[Si](C)(C)O/C(=C\Cc1ccc(OCc2ccccc2)cc1)C(F)(F)F. The van der Waals surface area contributed by atoms with Gasteiger partial charge in [-0.05, 0) is 55.4 Å². The normalized spacial score (nSPS) is 12.8. The fraction of sp³-hybridized carbons (Fsp3) is 0.300. The molecule has 0 fully saturated rings. The van der Waals surface area contributed by atoms with Crippen LogP contribution in [0.3, 0.4) is 0 Å². The van der Waals surface area contributed by atoms with Crippen molar-refractivity contribution in [1.82, 2.24) is 0 Å². The Balaban J connectivity index is 1.98. The summed E-state index contributed by atoms with van der Waals surface area (Å²) in [6.07, 6.45) is -3.21. The van der Waals surface area contributed by atoms with Crippen molar-refractivity contribution < 1.29 is 22.3 Å². The van der Waals surface area contributed by atoms with Gasteiger partial charge in [-0.1, -0.05) is 42.5 Å². The monoisotopic (exact) mass is 380 g/mol. The van der Waals surface area contributed by atoms with E-state index in [1.54, 1.807) is 43.9 Å². The topological polar surface area (TPSA) is 18.5 Å². The van der Waals surface area contributed by atoms with Crippen molar-refractivity contribution in [3.63, 3.8) is 0 Å². The summed E-state index contributed by atoms with van der Waals surface area (Å²) >= 11 is 0. The number of benzene rings is 2. The molecule has 140 valence electrons. The van der Waals surface area contributed by atoms with Crippen LogP contribution in [0.15, 0.2) is 66.4 Å². The van der Waals surface area contributed by atoms with Crippen molar-refractivity contribution in [2.45, 2.75) is 38.8 Å². The lowest BCUT2D eigenvalue weighted by molar-refractivity contribution is -0.117. The molecule has 0 aliphatic carbocycles. The van der Waals surface area contributed by atoms with Crippen LogP contribution in [0, 0.1) is 0 Å². The average Bonchev–Trinajstić information content (AvgIpc) is 2.57. The predicted molar refractivity (Wildman–Crippen MR) is 99.5 cm³/mol. The van der Waals surface area contributed by atoms with Crippen molar-refractivity contribution in [2.24, 2.45) is 0 Å². The number of halogens is 3. The molecule has 0 radical (unpaired) electrons. The number of hydrogen-bond acceptors (Lipinski definition) is 2. The Morgan fingerprint density at radius 1 is 0.923 bits per heavy atom. The van der Waals surface area contributed by atoms with Crippen molar-refractivity contribution in [3.8, 4) is 5.75 Å². The van der Waals surface area contributed by atoms with E-state index in [2.05, 4.69) is 0 Å². The van der Waals surface area contributed by atoms with Gasteiger partial charge in [0, 0.05) is 0 Å². The first-order valence-corrected chi connectivity index (χ1v) is 11.8. The summed E-state index contributed by atoms with van der Waals surface area (Å²) < 4.78 is 50.1. The van der Waals surface area contributed by atoms with Crippen LogP contribution in [0.4, 0.5) is 13.2 Å². The Morgan fingerprint density at radius 3 is 2.08 bits per heavy atom. The maximum absolute atomic E-state index is 13.1. The quantitative estimate of drug-likeness (QED) is 0.426. The maximum atomic E-state index is 13.1. The molecule has 0 bridgehead atoms. The zero-order valence-electron chi connectivity index (χ0n) is 15.1. The predicted octanol–water partition coefficient (Wildman–Crippen LogP) is 6.11. The number of allylic oxidation sites excluding steroid dienone is 2. The third-order valence-corrected chi connectivity index (χ3v) is 4.22. The minimum atomic E-state index is -4.47. The summed E-state index contributed by atoms with van der Waals surface area (Å²) in [6, 6.07) is 16.8. The van der Waals surface area contributed by atoms with Crippen LogP contribution >= 0.6 is 0 Å². The Bertz CT molecular complexity index is 717. The van der Waals surface area contributed by atoms with Crippen LogP contribution in [0.25, 0.3) is 0 Å². The summed E-state index contributed by atoms with van der Waals surface area (Å²) in [5.74, 6) is -0.225. The van der Waals surface area contributed by atoms with E-state index in [9.17, 15) is 13.2 Å². The van der Waals surface area contributed by atoms with Crippen molar-refractivity contribution in [3.05, 3.63) is 77.6 Å². The van der Waals surface area contributed by atoms with Crippen LogP contribution in [0.2, 0.25) is 19.6 Å². The van der Waals surface area contributed by atoms with E-state index in [1.165, 1.54) is 0 Å². The highest BCUT2D eigenvalue weighted by molar-refractivity contribution is 6.70. The minimum Gasteiger partial charge on any atom is -0.541 e. The zero-order valence-corrected chi connectivity index (χ0v) is 16.1. The highest BCUT2D eigenvalue weighted by Gasteiger charge is 2.38. The van der Waals surface area contributed by atoms with E-state index in [0.29, 0.717) is 12.4 Å². The Kier molecular flexibility index (Phi) is 6.53. The number of ether oxygens (including phenoxy) is 1. The van der Waals surface area contributed by atoms with Crippen LogP contribution in [-0.2, 0) is 17.5 Å². The molecule has 0 N–H and O–H groups in total. The molecule has 0 saturated carbocycles. The molecule has 0 spiro atoms. The van der Waals surface area contributed by atoms with Gasteiger partial charge in [-0.15, -0.1) is 0 Å². The second-order valence-corrected chi connectivity index (χ2v) is 11.3. The first kappa shape index (κ1) is 20.1. The summed E-state index contributed by atoms with van der Waals surface area (Å²) in [4.78, 5) is 0. The van der Waals surface area contributed by atoms with Gasteiger partial charge in [-0.25, -0.2) is 0 Å². The lowest BCUT2D eigenvalue weighted by Gasteiger charge is -2.23. The van der Waals surface area contributed by atoms with Crippen LogP contribution in [0.1, 0.15) is 11.1 Å². The minimum absolute atomic E-state index is 0.151. The molecule has 0 aromatic heterocycles. The van der Waals surface area contributed by atoms with Gasteiger partial charge in [0.05, 0.1) is 0 Å². The third kappa shape index (κ3) is 6.96. The molecular weight excluding hydrogens is 357 g/mol. The van der Waals surface area contributed by atoms with Gasteiger partial charge in [0.1, 0.15) is 12.4 Å². The van der Waals surface area contributed by atoms with Gasteiger partial charge in [0.2, 0.25) is 8.32 Å². The molecular formula is C20H23F3O2Si. The smallest absolute Gasteiger partial charge is 0.447 e. The van der Waals surface area contributed by atoms with Crippen LogP contribution in [-0.4, -0.2) is 14.5 Å². The molecule has 6 heteroatoms. The van der Waals surface area contributed by atoms with E-state index < -0.39 is 20.3 Å². The molecule has 0 aliphatic heterocycles. The zero-order chi connectivity index (χ0) is 19.2. The Hall–Kier alpha value is -2.21. The molecule has 0 unspecified atom stereocenters. The van der Waals surface area contributed by atoms with Gasteiger partial charge in [-0.3, -0.25) is 0 Å². The highest BCUT2D eigenvalue weighted by atomic mass is 28.4. The van der Waals surface area contributed by atoms with Gasteiger partial charge in [-0.2, -0.15) is 13.2 Å². The molecule has 2 aromatic rings. The van der Waals surface area contributed by atoms with Crippen molar-refractivity contribution in [1.29, 1.82) is 0 Å². The van der Waals surface area contributed by atoms with E-state index in [0.717, 1.165) is 17.2 Å². The van der Waals surface area contributed by atoms with Gasteiger partial charge < -0.3 is 9.16 Å². The average molecular weight is 380 g/mol. The molecule has 0 heterocycles. The molecule has 2 rings (SSSR count). The molecule has 0 saturated heterocycles. The maximum Gasteiger partial charge on any atom is 0.447 e. The molecule has 0 atom stereocenters. The largest absolute Gasteiger partial charge is 0.541 e. The summed E-state index contributed by atoms with van der Waals surface area (Å²) in [5.41, 5.74) is 1.82. The lowest BCUT2D eigenvalue weighted by Crippen LogP contribution is -2.30. The third-order valence-electron chi connectivity index (χ3n) is 3.39. The standard InChI is InChI=1S/C20H23F3O2Si/c1-26(2,3)25-19(20(21,22)23)14-11-16-9-12-18(13-10-16)24-15-17-7-5-4-6-8-17/h4-10,12-14H,11,15H2,1-3H3/b19-14-. The number of rotatable bonds is 7. The van der Waals surface area contributed by atoms with Crippen LogP contribution in [0.5, 0.6) is 5.75 Å². The Labute approximate surface area is 153 Å². The molecule has 26 heavy (non-hydrogen) atoms. The molecule has 2 aromatic carbocycles. The first-order chi connectivity index (χ1) is 12.1. The van der Waals surface area contributed by atoms with Gasteiger partial charge >= 0.3 is 6.18 Å². The Morgan fingerprint density at radius 2 is 1.54 bits per heavy atom. The van der Waals surface area contributed by atoms with Gasteiger partial charge in [0.15, 0.2) is 5.76 Å². The van der Waals surface area contributed by atoms with E-state index >= 15 is 0 Å². The van der Waals surface area contributed by atoms with Crippen molar-refractivity contribution >= 4 is 8.32 Å². The molecule has 0 amide bonds. The number of alkyl halides is 3. The second-order valence-electron chi connectivity index (χ2n) is 6.90. The lowest BCUT2D eigenvalue weighted by atomic mass is 10.1. The fourth-order valence-corrected chi connectivity index (χ4v) is 3.08. The van der Waals surface area contributed by atoms with Crippen molar-refractivity contribution in [2.75, 3.05) is 0 Å². The molecule has 2 nitrogen and oxygen atoms in total. The number of hydrogen-bond donors (Lipinski definition) is 0. The summed E-state index contributed by atoms with van der Waals surface area (Å²) in [7, 11) is -2.33. The highest BCUT2D eigenvalue weighted by Crippen LogP contribution is 2.29. The first-order valence-electron chi connectivity index (χ1n) is 8.35.